The first-order valence-corrected chi connectivity index (χ1v) is 6.31. The maximum absolute atomic E-state index is 11.7. The summed E-state index contributed by atoms with van der Waals surface area (Å²) in [4.78, 5) is 16.0. The zero-order valence-corrected chi connectivity index (χ0v) is 10.9. The average Bonchev–Trinajstić information content (AvgIpc) is 2.47. The number of carbonyl (C=O) groups excluding carboxylic acids is 1. The number of carbonyl (C=O) groups is 1. The maximum Gasteiger partial charge on any atom is 0.251 e. The van der Waals surface area contributed by atoms with Gasteiger partial charge in [0.1, 0.15) is 0 Å². The molecular formula is C15H17N3O. The summed E-state index contributed by atoms with van der Waals surface area (Å²) in [5.74, 6) is -0.0519. The average molecular weight is 255 g/mol. The van der Waals surface area contributed by atoms with Gasteiger partial charge in [-0.3, -0.25) is 9.78 Å². The molecule has 0 saturated heterocycles. The highest BCUT2D eigenvalue weighted by Gasteiger charge is 2.04. The summed E-state index contributed by atoms with van der Waals surface area (Å²) in [6, 6.07) is 13.2. The number of nitrogens with zero attached hydrogens (tertiary/aromatic N) is 1. The van der Waals surface area contributed by atoms with E-state index in [1.165, 1.54) is 0 Å². The molecule has 0 atom stereocenters. The van der Waals surface area contributed by atoms with Crippen LogP contribution < -0.4 is 10.6 Å². The molecule has 0 radical (unpaired) electrons. The van der Waals surface area contributed by atoms with Crippen LogP contribution in [-0.2, 0) is 6.54 Å². The molecule has 0 aliphatic carbocycles. The van der Waals surface area contributed by atoms with Crippen LogP contribution in [0.4, 0.5) is 5.69 Å². The Morgan fingerprint density at radius 2 is 2.11 bits per heavy atom. The molecule has 0 bridgehead atoms. The van der Waals surface area contributed by atoms with Crippen molar-refractivity contribution < 1.29 is 4.79 Å². The van der Waals surface area contributed by atoms with Crippen molar-refractivity contribution in [1.29, 1.82) is 0 Å². The summed E-state index contributed by atoms with van der Waals surface area (Å²) >= 11 is 0. The van der Waals surface area contributed by atoms with Gasteiger partial charge in [0.15, 0.2) is 0 Å². The zero-order chi connectivity index (χ0) is 13.5. The van der Waals surface area contributed by atoms with Gasteiger partial charge in [-0.05, 0) is 37.3 Å². The second-order valence-corrected chi connectivity index (χ2v) is 4.11. The molecule has 2 N–H and O–H groups in total. The number of hydrogen-bond acceptors (Lipinski definition) is 3. The van der Waals surface area contributed by atoms with Gasteiger partial charge in [0, 0.05) is 24.0 Å². The van der Waals surface area contributed by atoms with Crippen molar-refractivity contribution in [3.05, 3.63) is 59.9 Å². The molecule has 0 aliphatic heterocycles. The molecule has 98 valence electrons. The first kappa shape index (κ1) is 13.1. The standard InChI is InChI=1S/C15H17N3O/c1-2-16-15(19)12-6-5-8-13(10-12)18-11-14-7-3-4-9-17-14/h3-10,18H,2,11H2,1H3,(H,16,19). The predicted octanol–water partition coefficient (Wildman–Crippen LogP) is 2.44. The van der Waals surface area contributed by atoms with E-state index in [0.717, 1.165) is 11.4 Å². The van der Waals surface area contributed by atoms with Crippen molar-refractivity contribution in [3.8, 4) is 0 Å². The Balaban J connectivity index is 2.01. The molecule has 1 aromatic carbocycles. The number of aromatic nitrogens is 1. The van der Waals surface area contributed by atoms with Gasteiger partial charge in [-0.2, -0.15) is 0 Å². The Morgan fingerprint density at radius 3 is 2.84 bits per heavy atom. The molecule has 4 nitrogen and oxygen atoms in total. The van der Waals surface area contributed by atoms with E-state index >= 15 is 0 Å². The highest BCUT2D eigenvalue weighted by Crippen LogP contribution is 2.11. The third-order valence-corrected chi connectivity index (χ3v) is 2.66. The van der Waals surface area contributed by atoms with Crippen molar-refractivity contribution in [1.82, 2.24) is 10.3 Å². The lowest BCUT2D eigenvalue weighted by Crippen LogP contribution is -2.22. The molecule has 0 aliphatic rings. The molecule has 0 saturated carbocycles. The monoisotopic (exact) mass is 255 g/mol. The van der Waals surface area contributed by atoms with Gasteiger partial charge >= 0.3 is 0 Å². The van der Waals surface area contributed by atoms with Crippen LogP contribution in [0.15, 0.2) is 48.7 Å². The maximum atomic E-state index is 11.7. The molecule has 0 spiro atoms. The molecule has 4 heteroatoms. The van der Waals surface area contributed by atoms with Crippen LogP contribution in [0.2, 0.25) is 0 Å². The smallest absolute Gasteiger partial charge is 0.251 e. The van der Waals surface area contributed by atoms with Crippen molar-refractivity contribution >= 4 is 11.6 Å². The van der Waals surface area contributed by atoms with E-state index in [-0.39, 0.29) is 5.91 Å². The topological polar surface area (TPSA) is 54.0 Å². The van der Waals surface area contributed by atoms with E-state index in [4.69, 9.17) is 0 Å². The SMILES string of the molecule is CCNC(=O)c1cccc(NCc2ccccn2)c1. The molecular weight excluding hydrogens is 238 g/mol. The molecule has 2 rings (SSSR count). The highest BCUT2D eigenvalue weighted by molar-refractivity contribution is 5.95. The molecule has 0 fully saturated rings. The summed E-state index contributed by atoms with van der Waals surface area (Å²) in [6.45, 7) is 3.17. The lowest BCUT2D eigenvalue weighted by atomic mass is 10.2. The van der Waals surface area contributed by atoms with Crippen LogP contribution in [0.25, 0.3) is 0 Å². The highest BCUT2D eigenvalue weighted by atomic mass is 16.1. The first-order valence-electron chi connectivity index (χ1n) is 6.31. The normalized spacial score (nSPS) is 9.95. The number of pyridine rings is 1. The molecule has 1 aromatic heterocycles. The summed E-state index contributed by atoms with van der Waals surface area (Å²) < 4.78 is 0. The summed E-state index contributed by atoms with van der Waals surface area (Å²) in [5.41, 5.74) is 2.54. The summed E-state index contributed by atoms with van der Waals surface area (Å²) in [7, 11) is 0. The summed E-state index contributed by atoms with van der Waals surface area (Å²) in [5, 5.41) is 6.04. The Bertz CT molecular complexity index is 540. The predicted molar refractivity (Wildman–Crippen MR) is 76.0 cm³/mol. The van der Waals surface area contributed by atoms with Gasteiger partial charge in [0.2, 0.25) is 0 Å². The fourth-order valence-corrected chi connectivity index (χ4v) is 1.73. The quantitative estimate of drug-likeness (QED) is 0.862. The first-order chi connectivity index (χ1) is 9.29. The molecule has 0 unspecified atom stereocenters. The third kappa shape index (κ3) is 3.81. The molecule has 2 aromatic rings. The van der Waals surface area contributed by atoms with Gasteiger partial charge in [-0.1, -0.05) is 12.1 Å². The van der Waals surface area contributed by atoms with Crippen LogP contribution in [0.1, 0.15) is 23.0 Å². The number of rotatable bonds is 5. The van der Waals surface area contributed by atoms with E-state index in [2.05, 4.69) is 15.6 Å². The van der Waals surface area contributed by atoms with Gasteiger partial charge < -0.3 is 10.6 Å². The Labute approximate surface area is 112 Å². The van der Waals surface area contributed by atoms with Gasteiger partial charge in [-0.25, -0.2) is 0 Å². The van der Waals surface area contributed by atoms with Crippen LogP contribution in [-0.4, -0.2) is 17.4 Å². The number of anilines is 1. The van der Waals surface area contributed by atoms with E-state index in [0.29, 0.717) is 18.7 Å². The minimum atomic E-state index is -0.0519. The molecule has 19 heavy (non-hydrogen) atoms. The van der Waals surface area contributed by atoms with E-state index in [1.807, 2.05) is 43.3 Å². The number of benzene rings is 1. The largest absolute Gasteiger partial charge is 0.379 e. The van der Waals surface area contributed by atoms with Gasteiger partial charge in [0.25, 0.3) is 5.91 Å². The fraction of sp³-hybridized carbons (Fsp3) is 0.200. The zero-order valence-electron chi connectivity index (χ0n) is 10.9. The van der Waals surface area contributed by atoms with Crippen molar-refractivity contribution in [3.63, 3.8) is 0 Å². The third-order valence-electron chi connectivity index (χ3n) is 2.66. The second-order valence-electron chi connectivity index (χ2n) is 4.11. The summed E-state index contributed by atoms with van der Waals surface area (Å²) in [6.07, 6.45) is 1.77. The van der Waals surface area contributed by atoms with E-state index in [1.54, 1.807) is 12.3 Å². The van der Waals surface area contributed by atoms with Crippen molar-refractivity contribution in [2.75, 3.05) is 11.9 Å². The van der Waals surface area contributed by atoms with Gasteiger partial charge in [-0.15, -0.1) is 0 Å². The minimum Gasteiger partial charge on any atom is -0.379 e. The Morgan fingerprint density at radius 1 is 1.21 bits per heavy atom. The van der Waals surface area contributed by atoms with Crippen LogP contribution in [0, 0.1) is 0 Å². The Kier molecular flexibility index (Phi) is 4.50. The van der Waals surface area contributed by atoms with Crippen molar-refractivity contribution in [2.45, 2.75) is 13.5 Å². The van der Waals surface area contributed by atoms with Crippen LogP contribution in [0.3, 0.4) is 0 Å². The van der Waals surface area contributed by atoms with Gasteiger partial charge in [0.05, 0.1) is 12.2 Å². The van der Waals surface area contributed by atoms with Crippen molar-refractivity contribution in [2.24, 2.45) is 0 Å². The lowest BCUT2D eigenvalue weighted by molar-refractivity contribution is 0.0956. The lowest BCUT2D eigenvalue weighted by Gasteiger charge is -2.08. The second kappa shape index (κ2) is 6.54. The van der Waals surface area contributed by atoms with Crippen LogP contribution >= 0.6 is 0 Å². The number of nitrogens with one attached hydrogen (secondary N) is 2. The van der Waals surface area contributed by atoms with E-state index in [9.17, 15) is 4.79 Å². The van der Waals surface area contributed by atoms with E-state index < -0.39 is 0 Å². The number of hydrogen-bond donors (Lipinski definition) is 2. The Hall–Kier alpha value is -2.36. The fourth-order valence-electron chi connectivity index (χ4n) is 1.73. The van der Waals surface area contributed by atoms with Crippen LogP contribution in [0.5, 0.6) is 0 Å². The molecule has 1 heterocycles. The number of amides is 1. The minimum absolute atomic E-state index is 0.0519. The molecule has 1 amide bonds.